The van der Waals surface area contributed by atoms with E-state index in [0.29, 0.717) is 17.9 Å². The summed E-state index contributed by atoms with van der Waals surface area (Å²) in [6, 6.07) is 1.84. The second-order valence-corrected chi connectivity index (χ2v) is 6.22. The number of hydrogen-bond acceptors (Lipinski definition) is 4. The van der Waals surface area contributed by atoms with Crippen LogP contribution in [-0.2, 0) is 4.74 Å². The lowest BCUT2D eigenvalue weighted by Crippen LogP contribution is -2.46. The molecule has 1 amide bonds. The van der Waals surface area contributed by atoms with Gasteiger partial charge in [-0.15, -0.1) is 11.3 Å². The molecule has 0 spiro atoms. The number of aryl methyl sites for hydroxylation is 1. The van der Waals surface area contributed by atoms with Crippen molar-refractivity contribution in [2.45, 2.75) is 32.7 Å². The fraction of sp³-hybridized carbons (Fsp3) is 0.533. The molecule has 5 heteroatoms. The number of aliphatic hydroxyl groups is 1. The number of methoxy groups -OCH3 is 1. The second kappa shape index (κ2) is 7.44. The Morgan fingerprint density at radius 2 is 2.25 bits per heavy atom. The molecule has 0 atom stereocenters. The number of rotatable bonds is 5. The van der Waals surface area contributed by atoms with Crippen molar-refractivity contribution in [1.29, 1.82) is 0 Å². The monoisotopic (exact) mass is 295 g/mol. The molecule has 0 bridgehead atoms. The van der Waals surface area contributed by atoms with Gasteiger partial charge in [-0.05, 0) is 32.4 Å². The van der Waals surface area contributed by atoms with Crippen molar-refractivity contribution in [2.24, 2.45) is 0 Å². The van der Waals surface area contributed by atoms with Crippen LogP contribution in [0.3, 0.4) is 0 Å². The third-order valence-corrected chi connectivity index (χ3v) is 3.69. The standard InChI is InChI=1S/C15H21NO3S/c1-11-9-13(20-12(11)7-5-6-8-17)14(18)16-15(2,3)10-19-4/h9,17H,6,8,10H2,1-4H3,(H,16,18). The predicted molar refractivity (Wildman–Crippen MR) is 81.1 cm³/mol. The highest BCUT2D eigenvalue weighted by molar-refractivity contribution is 7.14. The Balaban J connectivity index is 2.81. The molecule has 0 fully saturated rings. The summed E-state index contributed by atoms with van der Waals surface area (Å²) in [4.78, 5) is 13.7. The lowest BCUT2D eigenvalue weighted by molar-refractivity contribution is 0.0824. The molecule has 0 aromatic carbocycles. The Morgan fingerprint density at radius 1 is 1.55 bits per heavy atom. The molecule has 1 aromatic rings. The Kier molecular flexibility index (Phi) is 6.21. The van der Waals surface area contributed by atoms with Gasteiger partial charge in [0.05, 0.1) is 28.5 Å². The van der Waals surface area contributed by atoms with Crippen LogP contribution in [0.1, 0.15) is 40.4 Å². The molecule has 0 saturated heterocycles. The molecular weight excluding hydrogens is 274 g/mol. The highest BCUT2D eigenvalue weighted by Crippen LogP contribution is 2.21. The molecule has 1 rings (SSSR count). The van der Waals surface area contributed by atoms with Crippen molar-refractivity contribution in [3.63, 3.8) is 0 Å². The molecule has 0 aliphatic rings. The maximum Gasteiger partial charge on any atom is 0.261 e. The number of hydrogen-bond donors (Lipinski definition) is 2. The van der Waals surface area contributed by atoms with Crippen molar-refractivity contribution in [1.82, 2.24) is 5.32 Å². The van der Waals surface area contributed by atoms with E-state index in [9.17, 15) is 4.79 Å². The van der Waals surface area contributed by atoms with E-state index in [1.165, 1.54) is 11.3 Å². The molecule has 2 N–H and O–H groups in total. The van der Waals surface area contributed by atoms with Gasteiger partial charge in [-0.3, -0.25) is 4.79 Å². The summed E-state index contributed by atoms with van der Waals surface area (Å²) < 4.78 is 5.08. The zero-order valence-electron chi connectivity index (χ0n) is 12.4. The zero-order valence-corrected chi connectivity index (χ0v) is 13.2. The molecule has 0 aliphatic heterocycles. The first-order valence-corrected chi connectivity index (χ1v) is 7.23. The molecule has 0 radical (unpaired) electrons. The van der Waals surface area contributed by atoms with E-state index >= 15 is 0 Å². The van der Waals surface area contributed by atoms with Gasteiger partial charge >= 0.3 is 0 Å². The van der Waals surface area contributed by atoms with Gasteiger partial charge in [0, 0.05) is 13.5 Å². The van der Waals surface area contributed by atoms with Crippen LogP contribution >= 0.6 is 11.3 Å². The van der Waals surface area contributed by atoms with Crippen LogP contribution < -0.4 is 5.32 Å². The van der Waals surface area contributed by atoms with E-state index < -0.39 is 5.54 Å². The van der Waals surface area contributed by atoms with Gasteiger partial charge in [0.15, 0.2) is 0 Å². The Labute approximate surface area is 124 Å². The van der Waals surface area contributed by atoms with Crippen molar-refractivity contribution >= 4 is 17.2 Å². The molecule has 0 saturated carbocycles. The first-order chi connectivity index (χ1) is 9.39. The summed E-state index contributed by atoms with van der Waals surface area (Å²) in [7, 11) is 1.61. The fourth-order valence-electron chi connectivity index (χ4n) is 1.68. The van der Waals surface area contributed by atoms with Crippen molar-refractivity contribution in [3.05, 3.63) is 21.4 Å². The van der Waals surface area contributed by atoms with E-state index in [1.54, 1.807) is 7.11 Å². The molecule has 4 nitrogen and oxygen atoms in total. The Bertz CT molecular complexity index is 523. The number of nitrogens with one attached hydrogen (secondary N) is 1. The smallest absolute Gasteiger partial charge is 0.261 e. The minimum atomic E-state index is -0.410. The number of aliphatic hydroxyl groups excluding tert-OH is 1. The topological polar surface area (TPSA) is 58.6 Å². The third-order valence-electron chi connectivity index (χ3n) is 2.54. The maximum absolute atomic E-state index is 12.2. The minimum absolute atomic E-state index is 0.0516. The second-order valence-electron chi connectivity index (χ2n) is 5.17. The van der Waals surface area contributed by atoms with E-state index in [1.807, 2.05) is 26.8 Å². The van der Waals surface area contributed by atoms with Gasteiger partial charge in [0.25, 0.3) is 5.91 Å². The number of carbonyl (C=O) groups is 1. The van der Waals surface area contributed by atoms with Gasteiger partial charge < -0.3 is 15.2 Å². The molecule has 1 heterocycles. The summed E-state index contributed by atoms with van der Waals surface area (Å²) in [5.74, 6) is 5.74. The fourth-order valence-corrected chi connectivity index (χ4v) is 2.63. The minimum Gasteiger partial charge on any atom is -0.395 e. The first kappa shape index (κ1) is 16.7. The van der Waals surface area contributed by atoms with E-state index in [2.05, 4.69) is 17.2 Å². The maximum atomic E-state index is 12.2. The number of amides is 1. The third kappa shape index (κ3) is 4.97. The highest BCUT2D eigenvalue weighted by atomic mass is 32.1. The SMILES string of the molecule is COCC(C)(C)NC(=O)c1cc(C)c(C#CCCO)s1. The number of ether oxygens (including phenoxy) is 1. The lowest BCUT2D eigenvalue weighted by Gasteiger charge is -2.24. The van der Waals surface area contributed by atoms with E-state index in [-0.39, 0.29) is 12.5 Å². The lowest BCUT2D eigenvalue weighted by atomic mass is 10.1. The summed E-state index contributed by atoms with van der Waals surface area (Å²) >= 11 is 1.37. The summed E-state index contributed by atoms with van der Waals surface area (Å²) in [6.45, 7) is 6.26. The van der Waals surface area contributed by atoms with Gasteiger partial charge in [-0.2, -0.15) is 0 Å². The van der Waals surface area contributed by atoms with Crippen molar-refractivity contribution in [3.8, 4) is 11.8 Å². The van der Waals surface area contributed by atoms with Gasteiger partial charge in [-0.1, -0.05) is 11.8 Å². The average Bonchev–Trinajstić information content (AvgIpc) is 2.71. The number of thiophene rings is 1. The predicted octanol–water partition coefficient (Wildman–Crippen LogP) is 1.95. The molecule has 0 aliphatic carbocycles. The van der Waals surface area contributed by atoms with Crippen molar-refractivity contribution < 1.29 is 14.6 Å². The first-order valence-electron chi connectivity index (χ1n) is 6.41. The van der Waals surface area contributed by atoms with Crippen LogP contribution in [0.25, 0.3) is 0 Å². The van der Waals surface area contributed by atoms with E-state index in [4.69, 9.17) is 9.84 Å². The quantitative estimate of drug-likeness (QED) is 0.816. The normalized spacial score (nSPS) is 10.8. The van der Waals surface area contributed by atoms with Crippen molar-refractivity contribution in [2.75, 3.05) is 20.3 Å². The number of carbonyl (C=O) groups excluding carboxylic acids is 1. The van der Waals surface area contributed by atoms with Crippen LogP contribution in [-0.4, -0.2) is 36.9 Å². The molecule has 110 valence electrons. The van der Waals surface area contributed by atoms with Gasteiger partial charge in [0.2, 0.25) is 0 Å². The molecule has 0 unspecified atom stereocenters. The Morgan fingerprint density at radius 3 is 2.85 bits per heavy atom. The molecule has 20 heavy (non-hydrogen) atoms. The summed E-state index contributed by atoms with van der Waals surface area (Å²) in [6.07, 6.45) is 0.444. The highest BCUT2D eigenvalue weighted by Gasteiger charge is 2.22. The summed E-state index contributed by atoms with van der Waals surface area (Å²) in [5.41, 5.74) is 0.571. The van der Waals surface area contributed by atoms with Gasteiger partial charge in [-0.25, -0.2) is 0 Å². The van der Waals surface area contributed by atoms with Crippen LogP contribution in [0.2, 0.25) is 0 Å². The Hall–Kier alpha value is -1.35. The summed E-state index contributed by atoms with van der Waals surface area (Å²) in [5, 5.41) is 11.6. The average molecular weight is 295 g/mol. The van der Waals surface area contributed by atoms with Crippen LogP contribution in [0, 0.1) is 18.8 Å². The largest absolute Gasteiger partial charge is 0.395 e. The van der Waals surface area contributed by atoms with Crippen LogP contribution in [0.5, 0.6) is 0 Å². The van der Waals surface area contributed by atoms with Crippen LogP contribution in [0.4, 0.5) is 0 Å². The van der Waals surface area contributed by atoms with Gasteiger partial charge in [0.1, 0.15) is 0 Å². The van der Waals surface area contributed by atoms with E-state index in [0.717, 1.165) is 10.4 Å². The molecule has 1 aromatic heterocycles. The molecular formula is C15H21NO3S. The van der Waals surface area contributed by atoms with Crippen LogP contribution in [0.15, 0.2) is 6.07 Å². The zero-order chi connectivity index (χ0) is 15.2.